The first-order chi connectivity index (χ1) is 10.1. The Morgan fingerprint density at radius 2 is 2.10 bits per heavy atom. The van der Waals surface area contributed by atoms with E-state index in [2.05, 4.69) is 24.1 Å². The SMILES string of the molecule is CC(C)NCc1ccc(OCc2c(F)cccc2Cl)cn1. The molecule has 3 nitrogen and oxygen atoms in total. The highest BCUT2D eigenvalue weighted by atomic mass is 35.5. The molecule has 5 heteroatoms. The van der Waals surface area contributed by atoms with Crippen molar-refractivity contribution in [2.24, 2.45) is 0 Å². The van der Waals surface area contributed by atoms with E-state index in [1.54, 1.807) is 18.3 Å². The molecule has 1 aromatic heterocycles. The van der Waals surface area contributed by atoms with Gasteiger partial charge in [0, 0.05) is 18.2 Å². The maximum absolute atomic E-state index is 13.6. The summed E-state index contributed by atoms with van der Waals surface area (Å²) < 4.78 is 19.1. The molecule has 0 saturated heterocycles. The summed E-state index contributed by atoms with van der Waals surface area (Å²) in [6.45, 7) is 4.94. The van der Waals surface area contributed by atoms with E-state index < -0.39 is 0 Å². The Kier molecular flexibility index (Phi) is 5.53. The van der Waals surface area contributed by atoms with Crippen LogP contribution in [0.3, 0.4) is 0 Å². The molecule has 0 spiro atoms. The third-order valence-electron chi connectivity index (χ3n) is 2.93. The highest BCUT2D eigenvalue weighted by Crippen LogP contribution is 2.21. The van der Waals surface area contributed by atoms with Gasteiger partial charge in [-0.3, -0.25) is 4.98 Å². The number of nitrogens with zero attached hydrogens (tertiary/aromatic N) is 1. The lowest BCUT2D eigenvalue weighted by Gasteiger charge is -2.10. The maximum Gasteiger partial charge on any atom is 0.138 e. The normalized spacial score (nSPS) is 10.9. The predicted octanol–water partition coefficient (Wildman–Crippen LogP) is 3.95. The fourth-order valence-corrected chi connectivity index (χ4v) is 1.95. The van der Waals surface area contributed by atoms with Gasteiger partial charge in [0.15, 0.2) is 0 Å². The molecule has 1 heterocycles. The summed E-state index contributed by atoms with van der Waals surface area (Å²) in [7, 11) is 0. The second kappa shape index (κ2) is 7.38. The summed E-state index contributed by atoms with van der Waals surface area (Å²) in [4.78, 5) is 4.29. The van der Waals surface area contributed by atoms with Crippen LogP contribution in [0.25, 0.3) is 0 Å². The Hall–Kier alpha value is -1.65. The van der Waals surface area contributed by atoms with E-state index >= 15 is 0 Å². The minimum atomic E-state index is -0.367. The summed E-state index contributed by atoms with van der Waals surface area (Å²) >= 11 is 5.95. The molecule has 0 saturated carbocycles. The number of rotatable bonds is 6. The number of hydrogen-bond acceptors (Lipinski definition) is 3. The van der Waals surface area contributed by atoms with Crippen molar-refractivity contribution in [1.29, 1.82) is 0 Å². The van der Waals surface area contributed by atoms with Crippen LogP contribution in [-0.2, 0) is 13.2 Å². The Morgan fingerprint density at radius 3 is 2.71 bits per heavy atom. The van der Waals surface area contributed by atoms with Gasteiger partial charge in [0.1, 0.15) is 18.2 Å². The van der Waals surface area contributed by atoms with E-state index in [1.165, 1.54) is 6.07 Å². The molecule has 1 aromatic carbocycles. The lowest BCUT2D eigenvalue weighted by Crippen LogP contribution is -2.22. The monoisotopic (exact) mass is 308 g/mol. The molecule has 1 N–H and O–H groups in total. The lowest BCUT2D eigenvalue weighted by atomic mass is 10.2. The molecule has 0 aliphatic carbocycles. The van der Waals surface area contributed by atoms with Crippen molar-refractivity contribution in [2.45, 2.75) is 33.0 Å². The van der Waals surface area contributed by atoms with Gasteiger partial charge >= 0.3 is 0 Å². The average molecular weight is 309 g/mol. The van der Waals surface area contributed by atoms with E-state index in [1.807, 2.05) is 12.1 Å². The predicted molar refractivity (Wildman–Crippen MR) is 82.0 cm³/mol. The first kappa shape index (κ1) is 15.7. The van der Waals surface area contributed by atoms with Gasteiger partial charge in [0.05, 0.1) is 16.9 Å². The van der Waals surface area contributed by atoms with Crippen molar-refractivity contribution >= 4 is 11.6 Å². The Morgan fingerprint density at radius 1 is 1.29 bits per heavy atom. The smallest absolute Gasteiger partial charge is 0.138 e. The maximum atomic E-state index is 13.6. The van der Waals surface area contributed by atoms with Gasteiger partial charge in [-0.2, -0.15) is 0 Å². The molecular weight excluding hydrogens is 291 g/mol. The molecule has 2 aromatic rings. The fourth-order valence-electron chi connectivity index (χ4n) is 1.74. The van der Waals surface area contributed by atoms with Gasteiger partial charge in [-0.1, -0.05) is 31.5 Å². The molecule has 112 valence electrons. The van der Waals surface area contributed by atoms with Crippen LogP contribution in [0.2, 0.25) is 5.02 Å². The zero-order valence-electron chi connectivity index (χ0n) is 12.1. The number of nitrogens with one attached hydrogen (secondary N) is 1. The van der Waals surface area contributed by atoms with Gasteiger partial charge in [-0.25, -0.2) is 4.39 Å². The second-order valence-electron chi connectivity index (χ2n) is 5.01. The molecule has 0 bridgehead atoms. The number of pyridine rings is 1. The zero-order valence-corrected chi connectivity index (χ0v) is 12.8. The van der Waals surface area contributed by atoms with Gasteiger partial charge < -0.3 is 10.1 Å². The van der Waals surface area contributed by atoms with Crippen molar-refractivity contribution in [3.05, 3.63) is 58.6 Å². The molecule has 0 radical (unpaired) electrons. The van der Waals surface area contributed by atoms with Crippen LogP contribution in [-0.4, -0.2) is 11.0 Å². The molecule has 0 amide bonds. The minimum absolute atomic E-state index is 0.0801. The van der Waals surface area contributed by atoms with Crippen molar-refractivity contribution < 1.29 is 9.13 Å². The number of benzene rings is 1. The van der Waals surface area contributed by atoms with Gasteiger partial charge in [-0.05, 0) is 24.3 Å². The Bertz CT molecular complexity index is 567. The molecule has 0 atom stereocenters. The standard InChI is InChI=1S/C16H18ClFN2O/c1-11(2)19-8-12-6-7-13(9-20-12)21-10-14-15(17)4-3-5-16(14)18/h3-7,9,11,19H,8,10H2,1-2H3. The van der Waals surface area contributed by atoms with Crippen LogP contribution in [0.4, 0.5) is 4.39 Å². The van der Waals surface area contributed by atoms with Gasteiger partial charge in [0.2, 0.25) is 0 Å². The van der Waals surface area contributed by atoms with Crippen LogP contribution in [0, 0.1) is 5.82 Å². The third-order valence-corrected chi connectivity index (χ3v) is 3.29. The topological polar surface area (TPSA) is 34.1 Å². The van der Waals surface area contributed by atoms with E-state index in [-0.39, 0.29) is 12.4 Å². The highest BCUT2D eigenvalue weighted by molar-refractivity contribution is 6.31. The Labute approximate surface area is 129 Å². The summed E-state index contributed by atoms with van der Waals surface area (Å²) in [6, 6.07) is 8.68. The first-order valence-electron chi connectivity index (χ1n) is 6.80. The van der Waals surface area contributed by atoms with Crippen molar-refractivity contribution in [2.75, 3.05) is 0 Å². The van der Waals surface area contributed by atoms with E-state index in [0.29, 0.717) is 28.9 Å². The van der Waals surface area contributed by atoms with Crippen LogP contribution in [0.1, 0.15) is 25.1 Å². The van der Waals surface area contributed by atoms with Crippen LogP contribution < -0.4 is 10.1 Å². The molecule has 21 heavy (non-hydrogen) atoms. The summed E-state index contributed by atoms with van der Waals surface area (Å²) in [5.74, 6) is 0.218. The summed E-state index contributed by atoms with van der Waals surface area (Å²) in [5.41, 5.74) is 1.28. The first-order valence-corrected chi connectivity index (χ1v) is 7.18. The van der Waals surface area contributed by atoms with Crippen LogP contribution in [0.5, 0.6) is 5.75 Å². The molecule has 0 unspecified atom stereocenters. The number of hydrogen-bond donors (Lipinski definition) is 1. The minimum Gasteiger partial charge on any atom is -0.487 e. The van der Waals surface area contributed by atoms with Gasteiger partial charge in [-0.15, -0.1) is 0 Å². The second-order valence-corrected chi connectivity index (χ2v) is 5.42. The number of halogens is 2. The van der Waals surface area contributed by atoms with Crippen LogP contribution in [0.15, 0.2) is 36.5 Å². The average Bonchev–Trinajstić information content (AvgIpc) is 2.46. The van der Waals surface area contributed by atoms with E-state index in [0.717, 1.165) is 5.69 Å². The van der Waals surface area contributed by atoms with Crippen molar-refractivity contribution in [1.82, 2.24) is 10.3 Å². The molecule has 0 aliphatic rings. The number of aromatic nitrogens is 1. The zero-order chi connectivity index (χ0) is 15.2. The summed E-state index contributed by atoms with van der Waals surface area (Å²) in [6.07, 6.45) is 1.63. The molecule has 0 aliphatic heterocycles. The van der Waals surface area contributed by atoms with Crippen molar-refractivity contribution in [3.63, 3.8) is 0 Å². The quantitative estimate of drug-likeness (QED) is 0.877. The lowest BCUT2D eigenvalue weighted by molar-refractivity contribution is 0.298. The van der Waals surface area contributed by atoms with E-state index in [4.69, 9.17) is 16.3 Å². The van der Waals surface area contributed by atoms with Crippen LogP contribution >= 0.6 is 11.6 Å². The van der Waals surface area contributed by atoms with E-state index in [9.17, 15) is 4.39 Å². The summed E-state index contributed by atoms with van der Waals surface area (Å²) in [5, 5.41) is 3.65. The molecular formula is C16H18ClFN2O. The fraction of sp³-hybridized carbons (Fsp3) is 0.312. The largest absolute Gasteiger partial charge is 0.487 e. The highest BCUT2D eigenvalue weighted by Gasteiger charge is 2.07. The molecule has 2 rings (SSSR count). The van der Waals surface area contributed by atoms with Crippen molar-refractivity contribution in [3.8, 4) is 5.75 Å². The van der Waals surface area contributed by atoms with Gasteiger partial charge in [0.25, 0.3) is 0 Å². The Balaban J connectivity index is 1.95. The molecule has 0 fully saturated rings. The number of ether oxygens (including phenoxy) is 1. The third kappa shape index (κ3) is 4.69.